The zero-order valence-corrected chi connectivity index (χ0v) is 35.8. The van der Waals surface area contributed by atoms with E-state index >= 15 is 0 Å². The molecule has 4 heteroatoms. The summed E-state index contributed by atoms with van der Waals surface area (Å²) in [4.78, 5) is 12.4. The lowest BCUT2D eigenvalue weighted by molar-refractivity contribution is -0.123. The summed E-state index contributed by atoms with van der Waals surface area (Å²) in [7, 11) is 0. The van der Waals surface area contributed by atoms with Crippen molar-refractivity contribution in [2.45, 2.75) is 264 Å². The minimum absolute atomic E-state index is 0.0729. The van der Waals surface area contributed by atoms with E-state index in [0.717, 1.165) is 32.1 Å². The summed E-state index contributed by atoms with van der Waals surface area (Å²) in [6.45, 7) is 4.31. The van der Waals surface area contributed by atoms with Gasteiger partial charge in [-0.05, 0) is 57.8 Å². The Kier molecular flexibility index (Phi) is 43.8. The van der Waals surface area contributed by atoms with Crippen LogP contribution in [0.25, 0.3) is 0 Å². The first kappa shape index (κ1) is 51.6. The Labute approximate surface area is 331 Å². The van der Waals surface area contributed by atoms with Gasteiger partial charge in [0.2, 0.25) is 5.91 Å². The fourth-order valence-electron chi connectivity index (χ4n) is 7.19. The van der Waals surface area contributed by atoms with Crippen LogP contribution in [0.1, 0.15) is 251 Å². The molecule has 0 aliphatic heterocycles. The number of hydrogen-bond acceptors (Lipinski definition) is 3. The van der Waals surface area contributed by atoms with Gasteiger partial charge in [0.05, 0.1) is 18.8 Å². The number of hydrogen-bond donors (Lipinski definition) is 3. The van der Waals surface area contributed by atoms with E-state index in [1.54, 1.807) is 6.08 Å². The molecule has 0 radical (unpaired) electrons. The van der Waals surface area contributed by atoms with Crippen LogP contribution in [0.5, 0.6) is 0 Å². The summed E-state index contributed by atoms with van der Waals surface area (Å²) in [5, 5.41) is 23.0. The highest BCUT2D eigenvalue weighted by Gasteiger charge is 2.17. The van der Waals surface area contributed by atoms with Gasteiger partial charge in [0.25, 0.3) is 0 Å². The molecule has 0 spiro atoms. The number of carbonyl (C=O) groups is 1. The molecular formula is C49H93NO3. The van der Waals surface area contributed by atoms with Crippen molar-refractivity contribution >= 4 is 5.91 Å². The lowest BCUT2D eigenvalue weighted by atomic mass is 10.0. The van der Waals surface area contributed by atoms with Crippen molar-refractivity contribution in [1.82, 2.24) is 5.32 Å². The predicted molar refractivity (Wildman–Crippen MR) is 235 cm³/mol. The first-order valence-corrected chi connectivity index (χ1v) is 23.7. The maximum Gasteiger partial charge on any atom is 0.220 e. The normalized spacial score (nSPS) is 13.2. The molecule has 2 atom stereocenters. The lowest BCUT2D eigenvalue weighted by Crippen LogP contribution is -2.45. The number of amides is 1. The molecule has 53 heavy (non-hydrogen) atoms. The summed E-state index contributed by atoms with van der Waals surface area (Å²) < 4.78 is 0. The van der Waals surface area contributed by atoms with Crippen LogP contribution in [0.15, 0.2) is 36.5 Å². The molecule has 4 nitrogen and oxygen atoms in total. The summed E-state index contributed by atoms with van der Waals surface area (Å²) in [6, 6.07) is -0.638. The number of nitrogens with one attached hydrogen (secondary N) is 1. The maximum atomic E-state index is 12.4. The van der Waals surface area contributed by atoms with Gasteiger partial charge in [-0.2, -0.15) is 0 Å². The number of aliphatic hydroxyl groups is 2. The molecule has 3 N–H and O–H groups in total. The van der Waals surface area contributed by atoms with Gasteiger partial charge in [-0.15, -0.1) is 0 Å². The van der Waals surface area contributed by atoms with E-state index in [1.807, 2.05) is 6.08 Å². The van der Waals surface area contributed by atoms with Gasteiger partial charge < -0.3 is 15.5 Å². The third-order valence-electron chi connectivity index (χ3n) is 10.8. The monoisotopic (exact) mass is 744 g/mol. The first-order chi connectivity index (χ1) is 26.2. The highest BCUT2D eigenvalue weighted by molar-refractivity contribution is 5.76. The molecule has 0 rings (SSSR count). The number of allylic oxidation sites excluding steroid dienone is 5. The van der Waals surface area contributed by atoms with E-state index in [4.69, 9.17) is 0 Å². The van der Waals surface area contributed by atoms with Gasteiger partial charge in [0.1, 0.15) is 0 Å². The number of rotatable bonds is 43. The van der Waals surface area contributed by atoms with E-state index < -0.39 is 12.1 Å². The van der Waals surface area contributed by atoms with Crippen molar-refractivity contribution in [3.05, 3.63) is 36.5 Å². The van der Waals surface area contributed by atoms with Crippen LogP contribution in [0.2, 0.25) is 0 Å². The molecule has 0 aliphatic carbocycles. The van der Waals surface area contributed by atoms with Crippen LogP contribution in [0.3, 0.4) is 0 Å². The Morgan fingerprint density at radius 3 is 1.09 bits per heavy atom. The third-order valence-corrected chi connectivity index (χ3v) is 10.8. The van der Waals surface area contributed by atoms with Gasteiger partial charge in [0, 0.05) is 6.42 Å². The van der Waals surface area contributed by atoms with Gasteiger partial charge in [0.15, 0.2) is 0 Å². The first-order valence-electron chi connectivity index (χ1n) is 23.7. The van der Waals surface area contributed by atoms with Crippen molar-refractivity contribution < 1.29 is 15.0 Å². The summed E-state index contributed by atoms with van der Waals surface area (Å²) in [5.74, 6) is -0.0729. The van der Waals surface area contributed by atoms with Crippen molar-refractivity contribution in [2.75, 3.05) is 6.61 Å². The van der Waals surface area contributed by atoms with E-state index in [1.165, 1.54) is 199 Å². The van der Waals surface area contributed by atoms with Crippen molar-refractivity contribution in [1.29, 1.82) is 0 Å². The molecule has 0 fully saturated rings. The molecule has 0 aliphatic rings. The second kappa shape index (κ2) is 45.0. The Hall–Kier alpha value is -1.39. The molecule has 1 amide bonds. The lowest BCUT2D eigenvalue weighted by Gasteiger charge is -2.19. The van der Waals surface area contributed by atoms with Crippen LogP contribution in [-0.4, -0.2) is 34.9 Å². The predicted octanol–water partition coefficient (Wildman–Crippen LogP) is 15.0. The van der Waals surface area contributed by atoms with Crippen LogP contribution in [0.4, 0.5) is 0 Å². The molecule has 0 aromatic heterocycles. The largest absolute Gasteiger partial charge is 0.394 e. The highest BCUT2D eigenvalue weighted by atomic mass is 16.3. The van der Waals surface area contributed by atoms with Gasteiger partial charge in [-0.25, -0.2) is 0 Å². The molecular weight excluding hydrogens is 651 g/mol. The van der Waals surface area contributed by atoms with Gasteiger partial charge in [-0.3, -0.25) is 4.79 Å². The SMILES string of the molecule is CCCCCCCCCC/C=C\CCCCCCCCCCCCCC(=O)NC(CO)C(O)/C=C/CC/C=C/CCCCCCCCCCCCCC. The fourth-order valence-corrected chi connectivity index (χ4v) is 7.19. The summed E-state index contributed by atoms with van der Waals surface area (Å²) in [6.07, 6.45) is 59.8. The van der Waals surface area contributed by atoms with E-state index in [0.29, 0.717) is 6.42 Å². The average Bonchev–Trinajstić information content (AvgIpc) is 3.16. The molecule has 0 bridgehead atoms. The minimum atomic E-state index is -0.861. The molecule has 312 valence electrons. The van der Waals surface area contributed by atoms with Crippen molar-refractivity contribution in [2.24, 2.45) is 0 Å². The molecule has 2 unspecified atom stereocenters. The Balaban J connectivity index is 3.56. The molecule has 0 heterocycles. The second-order valence-corrected chi connectivity index (χ2v) is 16.2. The number of aliphatic hydroxyl groups excluding tert-OH is 2. The quantitative estimate of drug-likeness (QED) is 0.0430. The zero-order chi connectivity index (χ0) is 38.6. The average molecular weight is 744 g/mol. The molecule has 0 saturated heterocycles. The number of unbranched alkanes of at least 4 members (excludes halogenated alkanes) is 32. The topological polar surface area (TPSA) is 69.6 Å². The Bertz CT molecular complexity index is 806. The highest BCUT2D eigenvalue weighted by Crippen LogP contribution is 2.15. The van der Waals surface area contributed by atoms with Crippen LogP contribution >= 0.6 is 0 Å². The standard InChI is InChI=1S/C49H93NO3/c1-3-5-7-9-11-13-15-17-19-21-23-24-25-26-27-29-31-33-35-37-39-41-43-45-49(53)50-47(46-51)48(52)44-42-40-38-36-34-32-30-28-22-20-18-16-14-12-10-8-6-4-2/h21,23,34,36,42,44,47-48,51-52H,3-20,22,24-33,35,37-41,43,45-46H2,1-2H3,(H,50,53)/b23-21-,36-34+,44-42+. The van der Waals surface area contributed by atoms with Crippen LogP contribution < -0.4 is 5.32 Å². The van der Waals surface area contributed by atoms with Crippen molar-refractivity contribution in [3.63, 3.8) is 0 Å². The van der Waals surface area contributed by atoms with Gasteiger partial charge >= 0.3 is 0 Å². The molecule has 0 aromatic rings. The Morgan fingerprint density at radius 2 is 0.736 bits per heavy atom. The second-order valence-electron chi connectivity index (χ2n) is 16.2. The third kappa shape index (κ3) is 41.6. The smallest absolute Gasteiger partial charge is 0.220 e. The Morgan fingerprint density at radius 1 is 0.434 bits per heavy atom. The fraction of sp³-hybridized carbons (Fsp3) is 0.857. The van der Waals surface area contributed by atoms with Crippen LogP contribution in [-0.2, 0) is 4.79 Å². The van der Waals surface area contributed by atoms with E-state index in [-0.39, 0.29) is 12.5 Å². The zero-order valence-electron chi connectivity index (χ0n) is 35.8. The molecule has 0 saturated carbocycles. The summed E-state index contributed by atoms with van der Waals surface area (Å²) >= 11 is 0. The van der Waals surface area contributed by atoms with Crippen molar-refractivity contribution in [3.8, 4) is 0 Å². The molecule has 0 aromatic carbocycles. The maximum absolute atomic E-state index is 12.4. The number of carbonyl (C=O) groups excluding carboxylic acids is 1. The van der Waals surface area contributed by atoms with Gasteiger partial charge in [-0.1, -0.05) is 224 Å². The van der Waals surface area contributed by atoms with Crippen LogP contribution in [0, 0.1) is 0 Å². The summed E-state index contributed by atoms with van der Waals surface area (Å²) in [5.41, 5.74) is 0. The minimum Gasteiger partial charge on any atom is -0.394 e. The van der Waals surface area contributed by atoms with E-state index in [2.05, 4.69) is 43.5 Å². The van der Waals surface area contributed by atoms with E-state index in [9.17, 15) is 15.0 Å².